The van der Waals surface area contributed by atoms with E-state index in [4.69, 9.17) is 4.74 Å². The summed E-state index contributed by atoms with van der Waals surface area (Å²) in [7, 11) is 1.56. The summed E-state index contributed by atoms with van der Waals surface area (Å²) in [6.45, 7) is 3.33. The molecule has 0 spiro atoms. The standard InChI is InChI=1S/C20H22N2O5S/c1-4-15-12(2)17-18(25)21(11-16(23)24)20(26)22(19(17)28-15)10-14(27-3)13-8-6-5-7-9-13/h5-9,14H,4,10-11H2,1-3H3,(H,23,24)/t14-/m0/s1. The van der Waals surface area contributed by atoms with Gasteiger partial charge in [0.15, 0.2) is 0 Å². The number of ether oxygens (including phenoxy) is 1. The summed E-state index contributed by atoms with van der Waals surface area (Å²) in [6, 6.07) is 9.47. The van der Waals surface area contributed by atoms with E-state index >= 15 is 0 Å². The number of carboxylic acid groups (broad SMARTS) is 1. The quantitative estimate of drug-likeness (QED) is 0.656. The first kappa shape index (κ1) is 20.0. The monoisotopic (exact) mass is 402 g/mol. The number of fused-ring (bicyclic) bond motifs is 1. The molecule has 28 heavy (non-hydrogen) atoms. The highest BCUT2D eigenvalue weighted by molar-refractivity contribution is 7.18. The lowest BCUT2D eigenvalue weighted by Crippen LogP contribution is -2.42. The van der Waals surface area contributed by atoms with Crippen LogP contribution in [0.5, 0.6) is 0 Å². The van der Waals surface area contributed by atoms with Crippen molar-refractivity contribution < 1.29 is 14.6 Å². The molecule has 3 rings (SSSR count). The number of hydrogen-bond acceptors (Lipinski definition) is 5. The molecule has 2 heterocycles. The Hall–Kier alpha value is -2.71. The molecule has 1 N–H and O–H groups in total. The number of aryl methyl sites for hydroxylation is 2. The minimum atomic E-state index is -1.24. The van der Waals surface area contributed by atoms with Crippen molar-refractivity contribution in [1.82, 2.24) is 9.13 Å². The van der Waals surface area contributed by atoms with Crippen molar-refractivity contribution in [3.8, 4) is 0 Å². The Balaban J connectivity index is 2.27. The van der Waals surface area contributed by atoms with Crippen LogP contribution in [0.3, 0.4) is 0 Å². The highest BCUT2D eigenvalue weighted by atomic mass is 32.1. The zero-order chi connectivity index (χ0) is 20.4. The van der Waals surface area contributed by atoms with Gasteiger partial charge >= 0.3 is 11.7 Å². The molecule has 0 amide bonds. The zero-order valence-corrected chi connectivity index (χ0v) is 16.8. The van der Waals surface area contributed by atoms with Gasteiger partial charge in [-0.1, -0.05) is 37.3 Å². The van der Waals surface area contributed by atoms with Crippen molar-refractivity contribution in [3.05, 3.63) is 67.2 Å². The van der Waals surface area contributed by atoms with Gasteiger partial charge in [0.25, 0.3) is 5.56 Å². The zero-order valence-electron chi connectivity index (χ0n) is 16.0. The average molecular weight is 402 g/mol. The number of carboxylic acids is 1. The van der Waals surface area contributed by atoms with E-state index in [1.165, 1.54) is 15.9 Å². The molecule has 3 aromatic rings. The number of hydrogen-bond donors (Lipinski definition) is 1. The van der Waals surface area contributed by atoms with Gasteiger partial charge in [-0.05, 0) is 24.5 Å². The summed E-state index contributed by atoms with van der Waals surface area (Å²) >= 11 is 1.40. The molecule has 0 bridgehead atoms. The normalized spacial score (nSPS) is 12.4. The predicted molar refractivity (Wildman–Crippen MR) is 108 cm³/mol. The largest absolute Gasteiger partial charge is 0.480 e. The third-order valence-corrected chi connectivity index (χ3v) is 6.27. The minimum absolute atomic E-state index is 0.179. The molecule has 0 saturated heterocycles. The third-order valence-electron chi connectivity index (χ3n) is 4.81. The summed E-state index contributed by atoms with van der Waals surface area (Å²) in [5.41, 5.74) is 0.502. The van der Waals surface area contributed by atoms with E-state index in [0.717, 1.165) is 27.0 Å². The van der Waals surface area contributed by atoms with Gasteiger partial charge in [0.05, 0.1) is 11.9 Å². The van der Waals surface area contributed by atoms with Crippen LogP contribution in [0.25, 0.3) is 10.2 Å². The molecule has 7 nitrogen and oxygen atoms in total. The first-order chi connectivity index (χ1) is 13.4. The molecule has 0 unspecified atom stereocenters. The van der Waals surface area contributed by atoms with E-state index < -0.39 is 29.9 Å². The fourth-order valence-electron chi connectivity index (χ4n) is 3.36. The number of aliphatic carboxylic acids is 1. The van der Waals surface area contributed by atoms with Crippen LogP contribution in [0.1, 0.15) is 29.0 Å². The second kappa shape index (κ2) is 8.12. The van der Waals surface area contributed by atoms with Crippen molar-refractivity contribution in [2.75, 3.05) is 7.11 Å². The second-order valence-electron chi connectivity index (χ2n) is 6.50. The van der Waals surface area contributed by atoms with Gasteiger partial charge in [-0.2, -0.15) is 0 Å². The topological polar surface area (TPSA) is 90.5 Å². The van der Waals surface area contributed by atoms with Crippen LogP contribution >= 0.6 is 11.3 Å². The van der Waals surface area contributed by atoms with Gasteiger partial charge in [-0.15, -0.1) is 11.3 Å². The molecule has 0 fully saturated rings. The molecule has 2 aromatic heterocycles. The van der Waals surface area contributed by atoms with Gasteiger partial charge in [0.1, 0.15) is 17.5 Å². The predicted octanol–water partition coefficient (Wildman–Crippen LogP) is 2.57. The number of thiophene rings is 1. The molecule has 1 atom stereocenters. The van der Waals surface area contributed by atoms with Crippen LogP contribution < -0.4 is 11.2 Å². The minimum Gasteiger partial charge on any atom is -0.480 e. The van der Waals surface area contributed by atoms with Crippen molar-refractivity contribution >= 4 is 27.5 Å². The Morgan fingerprint density at radius 1 is 1.21 bits per heavy atom. The molecule has 0 aliphatic rings. The van der Waals surface area contributed by atoms with E-state index in [-0.39, 0.29) is 6.54 Å². The summed E-state index contributed by atoms with van der Waals surface area (Å²) in [4.78, 5) is 38.7. The van der Waals surface area contributed by atoms with E-state index in [2.05, 4.69) is 0 Å². The van der Waals surface area contributed by atoms with E-state index in [1.807, 2.05) is 44.2 Å². The lowest BCUT2D eigenvalue weighted by Gasteiger charge is -2.18. The Labute approximate surface area is 165 Å². The summed E-state index contributed by atoms with van der Waals surface area (Å²) in [5, 5.41) is 9.58. The molecule has 1 aromatic carbocycles. The van der Waals surface area contributed by atoms with Gasteiger partial charge in [0, 0.05) is 12.0 Å². The van der Waals surface area contributed by atoms with E-state index in [9.17, 15) is 19.5 Å². The van der Waals surface area contributed by atoms with Crippen molar-refractivity contribution in [1.29, 1.82) is 0 Å². The van der Waals surface area contributed by atoms with Crippen LogP contribution in [-0.4, -0.2) is 27.3 Å². The first-order valence-corrected chi connectivity index (χ1v) is 9.75. The van der Waals surface area contributed by atoms with Crippen molar-refractivity contribution in [2.24, 2.45) is 0 Å². The fourth-order valence-corrected chi connectivity index (χ4v) is 4.60. The number of carbonyl (C=O) groups is 1. The molecule has 8 heteroatoms. The molecular formula is C20H22N2O5S. The number of aromatic nitrogens is 2. The van der Waals surface area contributed by atoms with E-state index in [1.54, 1.807) is 7.11 Å². The average Bonchev–Trinajstić information content (AvgIpc) is 3.02. The van der Waals surface area contributed by atoms with Crippen LogP contribution in [-0.2, 0) is 29.0 Å². The molecular weight excluding hydrogens is 380 g/mol. The number of nitrogens with zero attached hydrogens (tertiary/aromatic N) is 2. The number of benzene rings is 1. The van der Waals surface area contributed by atoms with Crippen molar-refractivity contribution in [3.63, 3.8) is 0 Å². The Bertz CT molecular complexity index is 1130. The molecule has 0 aliphatic heterocycles. The van der Waals surface area contributed by atoms with Crippen LogP contribution in [0.2, 0.25) is 0 Å². The molecule has 0 saturated carbocycles. The summed E-state index contributed by atoms with van der Waals surface area (Å²) in [5.74, 6) is -1.24. The van der Waals surface area contributed by atoms with Crippen LogP contribution in [0, 0.1) is 6.92 Å². The van der Waals surface area contributed by atoms with Gasteiger partial charge in [0.2, 0.25) is 0 Å². The van der Waals surface area contributed by atoms with Crippen LogP contribution in [0.4, 0.5) is 0 Å². The maximum absolute atomic E-state index is 13.0. The fraction of sp³-hybridized carbons (Fsp3) is 0.350. The highest BCUT2D eigenvalue weighted by Crippen LogP contribution is 2.29. The molecule has 148 valence electrons. The SMILES string of the molecule is CCc1sc2c(c1C)c(=O)n(CC(=O)O)c(=O)n2C[C@H](OC)c1ccccc1. The maximum atomic E-state index is 13.0. The Morgan fingerprint density at radius 2 is 1.89 bits per heavy atom. The van der Waals surface area contributed by atoms with Crippen LogP contribution in [0.15, 0.2) is 39.9 Å². The van der Waals surface area contributed by atoms with Gasteiger partial charge in [-0.25, -0.2) is 9.36 Å². The lowest BCUT2D eigenvalue weighted by molar-refractivity contribution is -0.137. The highest BCUT2D eigenvalue weighted by Gasteiger charge is 2.22. The first-order valence-electron chi connectivity index (χ1n) is 8.94. The maximum Gasteiger partial charge on any atom is 0.332 e. The number of rotatable bonds is 7. The Kier molecular flexibility index (Phi) is 5.81. The summed E-state index contributed by atoms with van der Waals surface area (Å²) in [6.07, 6.45) is 0.315. The summed E-state index contributed by atoms with van der Waals surface area (Å²) < 4.78 is 7.86. The third kappa shape index (κ3) is 3.53. The number of methoxy groups -OCH3 is 1. The van der Waals surface area contributed by atoms with Gasteiger partial charge < -0.3 is 9.84 Å². The van der Waals surface area contributed by atoms with Crippen molar-refractivity contribution in [2.45, 2.75) is 39.5 Å². The Morgan fingerprint density at radius 3 is 2.46 bits per heavy atom. The lowest BCUT2D eigenvalue weighted by atomic mass is 10.1. The van der Waals surface area contributed by atoms with E-state index in [0.29, 0.717) is 10.2 Å². The van der Waals surface area contributed by atoms with Gasteiger partial charge in [-0.3, -0.25) is 14.2 Å². The molecule has 0 radical (unpaired) electrons. The smallest absolute Gasteiger partial charge is 0.332 e. The molecule has 0 aliphatic carbocycles. The second-order valence-corrected chi connectivity index (χ2v) is 7.58.